The van der Waals surface area contributed by atoms with Crippen molar-refractivity contribution in [3.63, 3.8) is 0 Å². The SMILES string of the molecule is CCC(CC)(NC(=O)C=Cc1cccnc1)C(=O)O. The number of aliphatic carboxylic acids is 1. The number of nitrogens with one attached hydrogen (secondary N) is 1. The summed E-state index contributed by atoms with van der Waals surface area (Å²) in [5.74, 6) is -1.43. The summed E-state index contributed by atoms with van der Waals surface area (Å²) >= 11 is 0. The van der Waals surface area contributed by atoms with E-state index in [-0.39, 0.29) is 0 Å². The summed E-state index contributed by atoms with van der Waals surface area (Å²) in [5, 5.41) is 11.8. The maximum atomic E-state index is 11.8. The van der Waals surface area contributed by atoms with Gasteiger partial charge in [-0.2, -0.15) is 0 Å². The fraction of sp³-hybridized carbons (Fsp3) is 0.357. The largest absolute Gasteiger partial charge is 0.480 e. The Morgan fingerprint density at radius 3 is 2.58 bits per heavy atom. The van der Waals surface area contributed by atoms with Gasteiger partial charge in [-0.1, -0.05) is 19.9 Å². The zero-order chi connectivity index (χ0) is 14.3. The predicted octanol–water partition coefficient (Wildman–Crippen LogP) is 1.85. The third-order valence-electron chi connectivity index (χ3n) is 3.09. The fourth-order valence-electron chi connectivity index (χ4n) is 1.71. The van der Waals surface area contributed by atoms with Gasteiger partial charge in [0, 0.05) is 18.5 Å². The fourth-order valence-corrected chi connectivity index (χ4v) is 1.71. The number of nitrogens with zero attached hydrogens (tertiary/aromatic N) is 1. The zero-order valence-corrected chi connectivity index (χ0v) is 11.1. The Hall–Kier alpha value is -2.17. The Morgan fingerprint density at radius 1 is 1.42 bits per heavy atom. The van der Waals surface area contributed by atoms with Crippen molar-refractivity contribution < 1.29 is 14.7 Å². The lowest BCUT2D eigenvalue weighted by Gasteiger charge is -2.27. The standard InChI is InChI=1S/C14H18N2O3/c1-3-14(4-2,13(18)19)16-12(17)8-7-11-6-5-9-15-10-11/h5-10H,3-4H2,1-2H3,(H,16,17)(H,18,19). The maximum absolute atomic E-state index is 11.8. The first kappa shape index (κ1) is 14.9. The molecule has 0 aliphatic heterocycles. The van der Waals surface area contributed by atoms with Crippen LogP contribution in [-0.2, 0) is 9.59 Å². The number of aromatic nitrogens is 1. The number of carbonyl (C=O) groups excluding carboxylic acids is 1. The van der Waals surface area contributed by atoms with Crippen molar-refractivity contribution in [3.05, 3.63) is 36.2 Å². The highest BCUT2D eigenvalue weighted by atomic mass is 16.4. The van der Waals surface area contributed by atoms with Gasteiger partial charge in [0.15, 0.2) is 0 Å². The van der Waals surface area contributed by atoms with Crippen molar-refractivity contribution in [2.75, 3.05) is 0 Å². The van der Waals surface area contributed by atoms with E-state index in [1.807, 2.05) is 0 Å². The molecule has 0 spiro atoms. The van der Waals surface area contributed by atoms with E-state index in [4.69, 9.17) is 0 Å². The summed E-state index contributed by atoms with van der Waals surface area (Å²) in [6, 6.07) is 3.57. The second-order valence-electron chi connectivity index (χ2n) is 4.20. The molecule has 0 aromatic carbocycles. The van der Waals surface area contributed by atoms with E-state index in [9.17, 15) is 14.7 Å². The van der Waals surface area contributed by atoms with E-state index in [0.717, 1.165) is 5.56 Å². The molecule has 2 N–H and O–H groups in total. The van der Waals surface area contributed by atoms with Crippen LogP contribution in [0, 0.1) is 0 Å². The first-order chi connectivity index (χ1) is 9.04. The summed E-state index contributed by atoms with van der Waals surface area (Å²) in [6.45, 7) is 3.48. The minimum absolute atomic E-state index is 0.339. The molecule has 0 fully saturated rings. The molecule has 0 aliphatic carbocycles. The molecule has 1 aromatic rings. The van der Waals surface area contributed by atoms with Crippen LogP contribution in [0.4, 0.5) is 0 Å². The summed E-state index contributed by atoms with van der Waals surface area (Å²) in [6.07, 6.45) is 6.85. The van der Waals surface area contributed by atoms with Gasteiger partial charge in [0.25, 0.3) is 0 Å². The van der Waals surface area contributed by atoms with Crippen LogP contribution in [0.3, 0.4) is 0 Å². The molecule has 0 radical (unpaired) electrons. The minimum Gasteiger partial charge on any atom is -0.480 e. The monoisotopic (exact) mass is 262 g/mol. The number of amides is 1. The highest BCUT2D eigenvalue weighted by Crippen LogP contribution is 2.15. The number of carboxylic acid groups (broad SMARTS) is 1. The van der Waals surface area contributed by atoms with Crippen LogP contribution in [0.15, 0.2) is 30.6 Å². The average molecular weight is 262 g/mol. The normalized spacial score (nSPS) is 11.5. The van der Waals surface area contributed by atoms with E-state index >= 15 is 0 Å². The number of hydrogen-bond acceptors (Lipinski definition) is 3. The van der Waals surface area contributed by atoms with Crippen LogP contribution in [0.5, 0.6) is 0 Å². The molecule has 1 aromatic heterocycles. The van der Waals surface area contributed by atoms with Gasteiger partial charge in [-0.25, -0.2) is 4.79 Å². The number of carboxylic acids is 1. The third-order valence-corrected chi connectivity index (χ3v) is 3.09. The topological polar surface area (TPSA) is 79.3 Å². The summed E-state index contributed by atoms with van der Waals surface area (Å²) < 4.78 is 0. The predicted molar refractivity (Wildman–Crippen MR) is 72.4 cm³/mol. The van der Waals surface area contributed by atoms with Gasteiger partial charge in [0.1, 0.15) is 5.54 Å². The molecule has 0 unspecified atom stereocenters. The minimum atomic E-state index is -1.20. The first-order valence-corrected chi connectivity index (χ1v) is 6.17. The van der Waals surface area contributed by atoms with E-state index in [0.29, 0.717) is 12.8 Å². The molecular weight excluding hydrogens is 244 g/mol. The van der Waals surface area contributed by atoms with Crippen molar-refractivity contribution in [1.82, 2.24) is 10.3 Å². The lowest BCUT2D eigenvalue weighted by atomic mass is 9.93. The van der Waals surface area contributed by atoms with Gasteiger partial charge in [0.05, 0.1) is 0 Å². The molecule has 1 amide bonds. The third kappa shape index (κ3) is 3.91. The van der Waals surface area contributed by atoms with Crippen molar-refractivity contribution in [3.8, 4) is 0 Å². The molecule has 1 rings (SSSR count). The van der Waals surface area contributed by atoms with Crippen LogP contribution >= 0.6 is 0 Å². The Kier molecular flexibility index (Phi) is 5.23. The van der Waals surface area contributed by atoms with Crippen molar-refractivity contribution in [2.45, 2.75) is 32.2 Å². The smallest absolute Gasteiger partial charge is 0.329 e. The first-order valence-electron chi connectivity index (χ1n) is 6.17. The van der Waals surface area contributed by atoms with E-state index < -0.39 is 17.4 Å². The number of hydrogen-bond donors (Lipinski definition) is 2. The lowest BCUT2D eigenvalue weighted by molar-refractivity contribution is -0.147. The van der Waals surface area contributed by atoms with Crippen molar-refractivity contribution in [1.29, 1.82) is 0 Å². The van der Waals surface area contributed by atoms with Gasteiger partial charge in [-0.15, -0.1) is 0 Å². The molecular formula is C14H18N2O3. The van der Waals surface area contributed by atoms with Gasteiger partial charge >= 0.3 is 5.97 Å². The lowest BCUT2D eigenvalue weighted by Crippen LogP contribution is -2.53. The molecule has 0 aliphatic rings. The second kappa shape index (κ2) is 6.68. The second-order valence-corrected chi connectivity index (χ2v) is 4.20. The number of pyridine rings is 1. The van der Waals surface area contributed by atoms with Crippen LogP contribution in [0.25, 0.3) is 6.08 Å². The molecule has 102 valence electrons. The maximum Gasteiger partial charge on any atom is 0.329 e. The quantitative estimate of drug-likeness (QED) is 0.767. The van der Waals surface area contributed by atoms with E-state index in [1.165, 1.54) is 6.08 Å². The molecule has 0 saturated heterocycles. The Morgan fingerprint density at radius 2 is 2.11 bits per heavy atom. The molecule has 5 nitrogen and oxygen atoms in total. The van der Waals surface area contributed by atoms with Crippen molar-refractivity contribution in [2.24, 2.45) is 0 Å². The van der Waals surface area contributed by atoms with Gasteiger partial charge in [-0.3, -0.25) is 9.78 Å². The Balaban J connectivity index is 2.74. The summed E-state index contributed by atoms with van der Waals surface area (Å²) in [7, 11) is 0. The van der Waals surface area contributed by atoms with Gasteiger partial charge in [-0.05, 0) is 30.5 Å². The van der Waals surface area contributed by atoms with Crippen LogP contribution < -0.4 is 5.32 Å². The van der Waals surface area contributed by atoms with Gasteiger partial charge in [0.2, 0.25) is 5.91 Å². The molecule has 5 heteroatoms. The summed E-state index contributed by atoms with van der Waals surface area (Å²) in [4.78, 5) is 26.9. The van der Waals surface area contributed by atoms with E-state index in [2.05, 4.69) is 10.3 Å². The molecule has 0 bridgehead atoms. The Bertz CT molecular complexity index is 465. The molecule has 0 saturated carbocycles. The van der Waals surface area contributed by atoms with Gasteiger partial charge < -0.3 is 10.4 Å². The molecule has 19 heavy (non-hydrogen) atoms. The highest BCUT2D eigenvalue weighted by molar-refractivity contribution is 5.95. The number of carbonyl (C=O) groups is 2. The zero-order valence-electron chi connectivity index (χ0n) is 11.1. The van der Waals surface area contributed by atoms with Crippen molar-refractivity contribution >= 4 is 18.0 Å². The molecule has 1 heterocycles. The number of rotatable bonds is 6. The van der Waals surface area contributed by atoms with Crippen LogP contribution in [0.1, 0.15) is 32.3 Å². The Labute approximate surface area is 112 Å². The molecule has 0 atom stereocenters. The average Bonchev–Trinajstić information content (AvgIpc) is 2.43. The van der Waals surface area contributed by atoms with Crippen LogP contribution in [-0.4, -0.2) is 27.5 Å². The highest BCUT2D eigenvalue weighted by Gasteiger charge is 2.35. The summed E-state index contributed by atoms with van der Waals surface area (Å²) in [5.41, 5.74) is -0.414. The van der Waals surface area contributed by atoms with Crippen LogP contribution in [0.2, 0.25) is 0 Å². The van der Waals surface area contributed by atoms with E-state index in [1.54, 1.807) is 44.4 Å².